The highest BCUT2D eigenvalue weighted by Crippen LogP contribution is 1.97. The van der Waals surface area contributed by atoms with Gasteiger partial charge in [0, 0.05) is 5.69 Å². The molecule has 3 N–H and O–H groups in total. The summed E-state index contributed by atoms with van der Waals surface area (Å²) in [5.74, 6) is -0.974. The van der Waals surface area contributed by atoms with E-state index in [4.69, 9.17) is 5.73 Å². The number of hydrogen-bond acceptors (Lipinski definition) is 3. The first-order chi connectivity index (χ1) is 6.59. The number of primary amides is 1. The summed E-state index contributed by atoms with van der Waals surface area (Å²) in [6.07, 6.45) is 0. The van der Waals surface area contributed by atoms with E-state index >= 15 is 0 Å². The molecule has 0 aliphatic rings. The number of aryl methyl sites for hydroxylation is 1. The normalized spacial score (nSPS) is 9.50. The second-order valence-electron chi connectivity index (χ2n) is 2.81. The summed E-state index contributed by atoms with van der Waals surface area (Å²) in [7, 11) is 0. The molecular formula is C9H11N3O2. The van der Waals surface area contributed by atoms with Gasteiger partial charge in [-0.15, -0.1) is 0 Å². The molecule has 0 radical (unpaired) electrons. The summed E-state index contributed by atoms with van der Waals surface area (Å²) in [5, 5.41) is 2.35. The first kappa shape index (κ1) is 10.2. The van der Waals surface area contributed by atoms with Gasteiger partial charge in [0.15, 0.2) is 0 Å². The molecule has 1 heterocycles. The third-order valence-electron chi connectivity index (χ3n) is 1.54. The highest BCUT2D eigenvalue weighted by Gasteiger charge is 2.06. The van der Waals surface area contributed by atoms with Crippen molar-refractivity contribution in [3.8, 4) is 0 Å². The van der Waals surface area contributed by atoms with Gasteiger partial charge in [0.2, 0.25) is 5.91 Å². The van der Waals surface area contributed by atoms with Crippen LogP contribution in [0.15, 0.2) is 18.2 Å². The van der Waals surface area contributed by atoms with Gasteiger partial charge in [0.25, 0.3) is 5.91 Å². The van der Waals surface area contributed by atoms with Crippen LogP contribution in [0, 0.1) is 6.92 Å². The Balaban J connectivity index is 2.65. The topological polar surface area (TPSA) is 85.1 Å². The van der Waals surface area contributed by atoms with Crippen molar-refractivity contribution in [1.29, 1.82) is 0 Å². The van der Waals surface area contributed by atoms with Gasteiger partial charge in [-0.1, -0.05) is 6.07 Å². The molecule has 0 saturated heterocycles. The van der Waals surface area contributed by atoms with Crippen molar-refractivity contribution in [3.63, 3.8) is 0 Å². The quantitative estimate of drug-likeness (QED) is 0.685. The smallest absolute Gasteiger partial charge is 0.270 e. The Bertz CT molecular complexity index is 363. The Hall–Kier alpha value is -1.91. The van der Waals surface area contributed by atoms with Gasteiger partial charge in [0.05, 0.1) is 6.54 Å². The molecule has 0 fully saturated rings. The molecule has 74 valence electrons. The Morgan fingerprint density at radius 1 is 1.50 bits per heavy atom. The molecule has 2 amide bonds. The number of rotatable bonds is 3. The van der Waals surface area contributed by atoms with E-state index in [1.54, 1.807) is 25.1 Å². The van der Waals surface area contributed by atoms with Gasteiger partial charge < -0.3 is 11.1 Å². The number of nitrogens with one attached hydrogen (secondary N) is 1. The van der Waals surface area contributed by atoms with E-state index in [1.165, 1.54) is 0 Å². The van der Waals surface area contributed by atoms with Crippen LogP contribution in [-0.4, -0.2) is 23.3 Å². The van der Waals surface area contributed by atoms with E-state index in [9.17, 15) is 9.59 Å². The minimum absolute atomic E-state index is 0.172. The SMILES string of the molecule is Cc1cccc(C(=O)NCC(N)=O)n1. The van der Waals surface area contributed by atoms with Crippen molar-refractivity contribution >= 4 is 11.8 Å². The molecule has 0 bridgehead atoms. The van der Waals surface area contributed by atoms with Crippen molar-refractivity contribution in [2.75, 3.05) is 6.54 Å². The summed E-state index contributed by atoms with van der Waals surface area (Å²) in [6, 6.07) is 5.08. The predicted molar refractivity (Wildman–Crippen MR) is 50.5 cm³/mol. The molecule has 5 heteroatoms. The average Bonchev–Trinajstić information content (AvgIpc) is 2.14. The first-order valence-corrected chi connectivity index (χ1v) is 4.10. The molecule has 14 heavy (non-hydrogen) atoms. The average molecular weight is 193 g/mol. The van der Waals surface area contributed by atoms with Crippen LogP contribution in [0.5, 0.6) is 0 Å². The highest BCUT2D eigenvalue weighted by molar-refractivity contribution is 5.94. The van der Waals surface area contributed by atoms with Crippen molar-refractivity contribution in [2.45, 2.75) is 6.92 Å². The minimum Gasteiger partial charge on any atom is -0.368 e. The fourth-order valence-electron chi connectivity index (χ4n) is 0.927. The molecule has 0 aliphatic carbocycles. The van der Waals surface area contributed by atoms with E-state index in [2.05, 4.69) is 10.3 Å². The largest absolute Gasteiger partial charge is 0.368 e. The van der Waals surface area contributed by atoms with Crippen LogP contribution in [0.2, 0.25) is 0 Å². The molecule has 5 nitrogen and oxygen atoms in total. The van der Waals surface area contributed by atoms with E-state index < -0.39 is 11.8 Å². The van der Waals surface area contributed by atoms with Crippen LogP contribution < -0.4 is 11.1 Å². The van der Waals surface area contributed by atoms with Crippen LogP contribution in [-0.2, 0) is 4.79 Å². The van der Waals surface area contributed by atoms with Crippen molar-refractivity contribution < 1.29 is 9.59 Å². The van der Waals surface area contributed by atoms with Crippen molar-refractivity contribution in [1.82, 2.24) is 10.3 Å². The second kappa shape index (κ2) is 4.36. The summed E-state index contributed by atoms with van der Waals surface area (Å²) in [6.45, 7) is 1.61. The van der Waals surface area contributed by atoms with Crippen LogP contribution in [0.1, 0.15) is 16.2 Å². The minimum atomic E-state index is -0.578. The van der Waals surface area contributed by atoms with E-state index in [-0.39, 0.29) is 12.2 Å². The summed E-state index contributed by atoms with van der Waals surface area (Å²) >= 11 is 0. The Labute approximate surface area is 81.3 Å². The van der Waals surface area contributed by atoms with Crippen LogP contribution in [0.4, 0.5) is 0 Å². The molecule has 1 aromatic rings. The number of pyridine rings is 1. The number of hydrogen-bond donors (Lipinski definition) is 2. The zero-order valence-corrected chi connectivity index (χ0v) is 7.78. The van der Waals surface area contributed by atoms with E-state index in [0.717, 1.165) is 5.69 Å². The van der Waals surface area contributed by atoms with Gasteiger partial charge >= 0.3 is 0 Å². The molecule has 1 rings (SSSR count). The lowest BCUT2D eigenvalue weighted by molar-refractivity contribution is -0.117. The van der Waals surface area contributed by atoms with Gasteiger partial charge in [-0.05, 0) is 19.1 Å². The van der Waals surface area contributed by atoms with E-state index in [1.807, 2.05) is 0 Å². The lowest BCUT2D eigenvalue weighted by Crippen LogP contribution is -2.33. The molecule has 0 unspecified atom stereocenters. The third-order valence-corrected chi connectivity index (χ3v) is 1.54. The third kappa shape index (κ3) is 2.85. The standard InChI is InChI=1S/C9H11N3O2/c1-6-3-2-4-7(12-6)9(14)11-5-8(10)13/h2-4H,5H2,1H3,(H2,10,13)(H,11,14). The predicted octanol–water partition coefficient (Wildman–Crippen LogP) is -0.395. The van der Waals surface area contributed by atoms with E-state index in [0.29, 0.717) is 0 Å². The monoisotopic (exact) mass is 193 g/mol. The summed E-state index contributed by atoms with van der Waals surface area (Å²) < 4.78 is 0. The summed E-state index contributed by atoms with van der Waals surface area (Å²) in [4.78, 5) is 25.7. The maximum absolute atomic E-state index is 11.3. The van der Waals surface area contributed by atoms with Crippen LogP contribution in [0.25, 0.3) is 0 Å². The maximum Gasteiger partial charge on any atom is 0.270 e. The molecule has 0 spiro atoms. The molecule has 0 atom stereocenters. The number of carbonyl (C=O) groups excluding carboxylic acids is 2. The van der Waals surface area contributed by atoms with Gasteiger partial charge in [0.1, 0.15) is 5.69 Å². The van der Waals surface area contributed by atoms with Crippen molar-refractivity contribution in [3.05, 3.63) is 29.6 Å². The fourth-order valence-corrected chi connectivity index (χ4v) is 0.927. The van der Waals surface area contributed by atoms with Crippen molar-refractivity contribution in [2.24, 2.45) is 5.73 Å². The number of carbonyl (C=O) groups is 2. The second-order valence-corrected chi connectivity index (χ2v) is 2.81. The maximum atomic E-state index is 11.3. The van der Waals surface area contributed by atoms with Gasteiger partial charge in [-0.3, -0.25) is 9.59 Å². The fraction of sp³-hybridized carbons (Fsp3) is 0.222. The Morgan fingerprint density at radius 2 is 2.21 bits per heavy atom. The summed E-state index contributed by atoms with van der Waals surface area (Å²) in [5.41, 5.74) is 5.91. The molecule has 0 saturated carbocycles. The number of aromatic nitrogens is 1. The molecular weight excluding hydrogens is 182 g/mol. The molecule has 0 aromatic carbocycles. The highest BCUT2D eigenvalue weighted by atomic mass is 16.2. The van der Waals surface area contributed by atoms with Crippen LogP contribution in [0.3, 0.4) is 0 Å². The first-order valence-electron chi connectivity index (χ1n) is 4.10. The number of amides is 2. The van der Waals surface area contributed by atoms with Gasteiger partial charge in [-0.25, -0.2) is 4.98 Å². The number of nitrogens with zero attached hydrogens (tertiary/aromatic N) is 1. The zero-order valence-electron chi connectivity index (χ0n) is 7.78. The lowest BCUT2D eigenvalue weighted by Gasteiger charge is -2.02. The Morgan fingerprint density at radius 3 is 2.79 bits per heavy atom. The number of nitrogens with two attached hydrogens (primary N) is 1. The van der Waals surface area contributed by atoms with Gasteiger partial charge in [-0.2, -0.15) is 0 Å². The van der Waals surface area contributed by atoms with Crippen LogP contribution >= 0.6 is 0 Å². The Kier molecular flexibility index (Phi) is 3.17. The zero-order chi connectivity index (χ0) is 10.6. The molecule has 0 aliphatic heterocycles. The molecule has 1 aromatic heterocycles. The lowest BCUT2D eigenvalue weighted by atomic mass is 10.3.